The molecule has 0 spiro atoms. The zero-order chi connectivity index (χ0) is 16.8. The van der Waals surface area contributed by atoms with Crippen molar-refractivity contribution >= 4 is 16.0 Å². The zero-order valence-electron chi connectivity index (χ0n) is 13.8. The van der Waals surface area contributed by atoms with E-state index in [4.69, 9.17) is 4.18 Å². The third kappa shape index (κ3) is 5.33. The first kappa shape index (κ1) is 18.5. The van der Waals surface area contributed by atoms with E-state index >= 15 is 0 Å². The van der Waals surface area contributed by atoms with Gasteiger partial charge in [-0.25, -0.2) is 0 Å². The third-order valence-corrected chi connectivity index (χ3v) is 3.73. The highest BCUT2D eigenvalue weighted by atomic mass is 32.2. The van der Waals surface area contributed by atoms with Crippen LogP contribution in [0.5, 0.6) is 5.75 Å². The fraction of sp³-hybridized carbons (Fsp3) is 0.562. The van der Waals surface area contributed by atoms with Crippen LogP contribution in [-0.2, 0) is 10.1 Å². The number of piperidine rings is 1. The summed E-state index contributed by atoms with van der Waals surface area (Å²) in [6, 6.07) is 4.94. The van der Waals surface area contributed by atoms with Crippen LogP contribution >= 0.6 is 0 Å². The number of carbonyl (C=O) groups is 1. The fourth-order valence-corrected chi connectivity index (χ4v) is 2.79. The number of rotatable bonds is 3. The lowest BCUT2D eigenvalue weighted by molar-refractivity contribution is 0.0722. The average molecular weight is 327 g/mol. The van der Waals surface area contributed by atoms with Crippen molar-refractivity contribution in [2.75, 3.05) is 19.3 Å². The predicted octanol–water partition coefficient (Wildman–Crippen LogP) is 2.99. The number of likely N-dealkylation sites (tertiary alicyclic amines) is 1. The van der Waals surface area contributed by atoms with Gasteiger partial charge in [-0.3, -0.25) is 4.79 Å². The van der Waals surface area contributed by atoms with Gasteiger partial charge in [-0.1, -0.05) is 25.5 Å². The summed E-state index contributed by atoms with van der Waals surface area (Å²) in [6.07, 6.45) is 4.08. The van der Waals surface area contributed by atoms with Crippen LogP contribution in [0.2, 0.25) is 0 Å². The molecular formula is C16H25NO4S. The highest BCUT2D eigenvalue weighted by Gasteiger charge is 2.23. The van der Waals surface area contributed by atoms with Crippen molar-refractivity contribution in [3.8, 4) is 5.75 Å². The summed E-state index contributed by atoms with van der Waals surface area (Å²) < 4.78 is 27.5. The van der Waals surface area contributed by atoms with Crippen molar-refractivity contribution in [1.82, 2.24) is 4.90 Å². The van der Waals surface area contributed by atoms with Gasteiger partial charge in [0.2, 0.25) is 0 Å². The minimum absolute atomic E-state index is 0.105. The molecule has 1 heterocycles. The molecule has 1 aliphatic heterocycles. The molecule has 1 aromatic rings. The molecular weight excluding hydrogens is 302 g/mol. The van der Waals surface area contributed by atoms with E-state index in [0.717, 1.165) is 31.1 Å². The van der Waals surface area contributed by atoms with E-state index in [1.165, 1.54) is 6.07 Å². The first-order valence-electron chi connectivity index (χ1n) is 7.66. The van der Waals surface area contributed by atoms with Crippen LogP contribution in [0.3, 0.4) is 0 Å². The first-order valence-corrected chi connectivity index (χ1v) is 9.48. The summed E-state index contributed by atoms with van der Waals surface area (Å²) in [5, 5.41) is 0. The topological polar surface area (TPSA) is 63.7 Å². The molecule has 124 valence electrons. The van der Waals surface area contributed by atoms with Gasteiger partial charge in [-0.2, -0.15) is 8.42 Å². The standard InChI is InChI=1S/C14H19NO4S.C2H6/c1-11-6-7-13(19-20(2,17)18)12(10-11)14(16)15-8-4-3-5-9-15;1-2/h6-7,10H,3-5,8-9H2,1-2H3;1-2H3. The van der Waals surface area contributed by atoms with Crippen molar-refractivity contribution in [2.45, 2.75) is 40.0 Å². The van der Waals surface area contributed by atoms with E-state index in [2.05, 4.69) is 0 Å². The summed E-state index contributed by atoms with van der Waals surface area (Å²) in [6.45, 7) is 7.29. The fourth-order valence-electron chi connectivity index (χ4n) is 2.31. The number of amides is 1. The highest BCUT2D eigenvalue weighted by molar-refractivity contribution is 7.86. The molecule has 6 heteroatoms. The number of aryl methyl sites for hydroxylation is 1. The van der Waals surface area contributed by atoms with Crippen LogP contribution in [0.4, 0.5) is 0 Å². The quantitative estimate of drug-likeness (QED) is 0.801. The average Bonchev–Trinajstić information content (AvgIpc) is 2.50. The Bertz CT molecular complexity index is 605. The Morgan fingerprint density at radius 2 is 1.73 bits per heavy atom. The minimum atomic E-state index is -3.65. The minimum Gasteiger partial charge on any atom is -0.382 e. The van der Waals surface area contributed by atoms with Crippen molar-refractivity contribution in [1.29, 1.82) is 0 Å². The summed E-state index contributed by atoms with van der Waals surface area (Å²) in [4.78, 5) is 14.3. The molecule has 0 saturated carbocycles. The second-order valence-corrected chi connectivity index (χ2v) is 6.71. The molecule has 0 aromatic heterocycles. The Balaban J connectivity index is 0.00000116. The molecule has 5 nitrogen and oxygen atoms in total. The molecule has 0 unspecified atom stereocenters. The monoisotopic (exact) mass is 327 g/mol. The Kier molecular flexibility index (Phi) is 6.87. The molecule has 0 N–H and O–H groups in total. The molecule has 0 bridgehead atoms. The molecule has 0 atom stereocenters. The molecule has 1 amide bonds. The van der Waals surface area contributed by atoms with Gasteiger partial charge in [0, 0.05) is 13.1 Å². The molecule has 2 rings (SSSR count). The second-order valence-electron chi connectivity index (χ2n) is 5.14. The Labute approximate surface area is 133 Å². The maximum absolute atomic E-state index is 12.5. The molecule has 0 radical (unpaired) electrons. The van der Waals surface area contributed by atoms with E-state index in [9.17, 15) is 13.2 Å². The number of benzene rings is 1. The molecule has 0 aliphatic carbocycles. The Hall–Kier alpha value is -1.56. The van der Waals surface area contributed by atoms with Crippen molar-refractivity contribution in [2.24, 2.45) is 0 Å². The van der Waals surface area contributed by atoms with Crippen LogP contribution in [-0.4, -0.2) is 38.6 Å². The lowest BCUT2D eigenvalue weighted by Gasteiger charge is -2.27. The summed E-state index contributed by atoms with van der Waals surface area (Å²) >= 11 is 0. The first-order chi connectivity index (χ1) is 10.4. The maximum Gasteiger partial charge on any atom is 0.306 e. The molecule has 1 saturated heterocycles. The third-order valence-electron chi connectivity index (χ3n) is 3.25. The van der Waals surface area contributed by atoms with Gasteiger partial charge in [-0.15, -0.1) is 0 Å². The van der Waals surface area contributed by atoms with Crippen LogP contribution in [0.1, 0.15) is 49.0 Å². The van der Waals surface area contributed by atoms with E-state index < -0.39 is 10.1 Å². The second kappa shape index (κ2) is 8.17. The van der Waals surface area contributed by atoms with Crippen molar-refractivity contribution < 1.29 is 17.4 Å². The van der Waals surface area contributed by atoms with Crippen LogP contribution in [0.25, 0.3) is 0 Å². The van der Waals surface area contributed by atoms with Gasteiger partial charge in [0.15, 0.2) is 5.75 Å². The zero-order valence-corrected chi connectivity index (χ0v) is 14.6. The molecule has 1 aliphatic rings. The van der Waals surface area contributed by atoms with Crippen molar-refractivity contribution in [3.05, 3.63) is 29.3 Å². The molecule has 22 heavy (non-hydrogen) atoms. The van der Waals surface area contributed by atoms with Gasteiger partial charge >= 0.3 is 10.1 Å². The number of nitrogens with zero attached hydrogens (tertiary/aromatic N) is 1. The maximum atomic E-state index is 12.5. The number of hydrogen-bond acceptors (Lipinski definition) is 4. The summed E-state index contributed by atoms with van der Waals surface area (Å²) in [7, 11) is -3.65. The lowest BCUT2D eigenvalue weighted by Crippen LogP contribution is -2.36. The van der Waals surface area contributed by atoms with Crippen LogP contribution in [0, 0.1) is 6.92 Å². The normalized spacial score (nSPS) is 14.8. The molecule has 1 fully saturated rings. The van der Waals surface area contributed by atoms with Gasteiger partial charge < -0.3 is 9.08 Å². The number of carbonyl (C=O) groups excluding carboxylic acids is 1. The highest BCUT2D eigenvalue weighted by Crippen LogP contribution is 2.24. The van der Waals surface area contributed by atoms with Gasteiger partial charge in [0.05, 0.1) is 11.8 Å². The summed E-state index contributed by atoms with van der Waals surface area (Å²) in [5.41, 5.74) is 1.21. The smallest absolute Gasteiger partial charge is 0.306 e. The van der Waals surface area contributed by atoms with Gasteiger partial charge in [0.25, 0.3) is 5.91 Å². The molecule has 1 aromatic carbocycles. The lowest BCUT2D eigenvalue weighted by atomic mass is 10.1. The largest absolute Gasteiger partial charge is 0.382 e. The summed E-state index contributed by atoms with van der Waals surface area (Å²) in [5.74, 6) is -0.0549. The van der Waals surface area contributed by atoms with Crippen LogP contribution in [0.15, 0.2) is 18.2 Å². The van der Waals surface area contributed by atoms with E-state index in [-0.39, 0.29) is 11.7 Å². The Morgan fingerprint density at radius 1 is 1.14 bits per heavy atom. The van der Waals surface area contributed by atoms with E-state index in [1.807, 2.05) is 20.8 Å². The number of hydrogen-bond donors (Lipinski definition) is 0. The van der Waals surface area contributed by atoms with Gasteiger partial charge in [-0.05, 0) is 38.3 Å². The SMILES string of the molecule is CC.Cc1ccc(OS(C)(=O)=O)c(C(=O)N2CCCCC2)c1. The van der Waals surface area contributed by atoms with E-state index in [0.29, 0.717) is 18.7 Å². The predicted molar refractivity (Wildman–Crippen MR) is 87.8 cm³/mol. The van der Waals surface area contributed by atoms with Crippen molar-refractivity contribution in [3.63, 3.8) is 0 Å². The van der Waals surface area contributed by atoms with E-state index in [1.54, 1.807) is 17.0 Å². The van der Waals surface area contributed by atoms with Gasteiger partial charge in [0.1, 0.15) is 0 Å². The Morgan fingerprint density at radius 3 is 2.27 bits per heavy atom. The van der Waals surface area contributed by atoms with Crippen LogP contribution < -0.4 is 4.18 Å².